The second-order valence-corrected chi connectivity index (χ2v) is 5.93. The molecule has 0 aliphatic carbocycles. The van der Waals surface area contributed by atoms with E-state index >= 15 is 0 Å². The van der Waals surface area contributed by atoms with E-state index in [-0.39, 0.29) is 5.78 Å². The lowest BCUT2D eigenvalue weighted by molar-refractivity contribution is 0.102. The number of aryl methyl sites for hydroxylation is 2. The lowest BCUT2D eigenvalue weighted by Crippen LogP contribution is -1.99. The molecular formula is C14H14OS2. The zero-order valence-corrected chi connectivity index (χ0v) is 11.5. The smallest absolute Gasteiger partial charge is 0.182 e. The Hall–Kier alpha value is -1.06. The monoisotopic (exact) mass is 262 g/mol. The molecule has 88 valence electrons. The Morgan fingerprint density at radius 1 is 1.24 bits per heavy atom. The summed E-state index contributed by atoms with van der Waals surface area (Å²) < 4.78 is 0. The van der Waals surface area contributed by atoms with Crippen LogP contribution in [-0.2, 0) is 0 Å². The summed E-state index contributed by atoms with van der Waals surface area (Å²) in [4.78, 5) is 13.8. The van der Waals surface area contributed by atoms with Gasteiger partial charge >= 0.3 is 0 Å². The number of Topliss-reactive ketones (excluding diaryl/α,β-unsaturated/α-hetero) is 1. The Morgan fingerprint density at radius 3 is 2.71 bits per heavy atom. The fourth-order valence-electron chi connectivity index (χ4n) is 1.46. The van der Waals surface area contributed by atoms with Crippen molar-refractivity contribution in [2.45, 2.75) is 18.7 Å². The molecule has 0 radical (unpaired) electrons. The van der Waals surface area contributed by atoms with E-state index in [1.807, 2.05) is 17.5 Å². The van der Waals surface area contributed by atoms with E-state index in [0.717, 1.165) is 9.77 Å². The van der Waals surface area contributed by atoms with Gasteiger partial charge in [0.25, 0.3) is 0 Å². The zero-order valence-electron chi connectivity index (χ0n) is 9.90. The average molecular weight is 262 g/mol. The first-order chi connectivity index (χ1) is 8.16. The zero-order chi connectivity index (χ0) is 12.3. The average Bonchev–Trinajstić information content (AvgIpc) is 2.84. The third-order valence-corrected chi connectivity index (χ3v) is 4.55. The van der Waals surface area contributed by atoms with Crippen molar-refractivity contribution in [3.8, 4) is 0 Å². The van der Waals surface area contributed by atoms with Crippen molar-refractivity contribution in [3.63, 3.8) is 0 Å². The first-order valence-electron chi connectivity index (χ1n) is 5.43. The van der Waals surface area contributed by atoms with Crippen molar-refractivity contribution in [1.29, 1.82) is 0 Å². The second-order valence-electron chi connectivity index (χ2n) is 3.94. The normalized spacial score (nSPS) is 10.5. The molecule has 1 aromatic heterocycles. The van der Waals surface area contributed by atoms with Crippen LogP contribution in [0.1, 0.15) is 20.8 Å². The molecule has 17 heavy (non-hydrogen) atoms. The standard InChI is InChI=1S/C14H14OS2/c1-10-5-6-12(8-11(10)2)17-9-13(15)14-4-3-7-16-14/h3-8H,9H2,1-2H3. The van der Waals surface area contributed by atoms with Crippen molar-refractivity contribution in [2.75, 3.05) is 5.75 Å². The Labute approximate surface area is 110 Å². The van der Waals surface area contributed by atoms with Gasteiger partial charge in [0.05, 0.1) is 10.6 Å². The number of carbonyl (C=O) groups excluding carboxylic acids is 1. The first-order valence-corrected chi connectivity index (χ1v) is 7.30. The molecule has 0 saturated carbocycles. The van der Waals surface area contributed by atoms with Crippen LogP contribution in [0.3, 0.4) is 0 Å². The third kappa shape index (κ3) is 3.20. The van der Waals surface area contributed by atoms with Gasteiger partial charge in [-0.3, -0.25) is 4.79 Å². The van der Waals surface area contributed by atoms with Crippen LogP contribution in [0.15, 0.2) is 40.6 Å². The second kappa shape index (κ2) is 5.52. The molecule has 2 rings (SSSR count). The van der Waals surface area contributed by atoms with Gasteiger partial charge in [-0.05, 0) is 48.6 Å². The SMILES string of the molecule is Cc1ccc(SCC(=O)c2cccs2)cc1C. The summed E-state index contributed by atoms with van der Waals surface area (Å²) in [7, 11) is 0. The van der Waals surface area contributed by atoms with E-state index in [0.29, 0.717) is 5.75 Å². The summed E-state index contributed by atoms with van der Waals surface area (Å²) in [6.07, 6.45) is 0. The van der Waals surface area contributed by atoms with Crippen LogP contribution in [0.2, 0.25) is 0 Å². The Balaban J connectivity index is 1.98. The van der Waals surface area contributed by atoms with E-state index in [2.05, 4.69) is 32.0 Å². The number of hydrogen-bond donors (Lipinski definition) is 0. The minimum atomic E-state index is 0.211. The van der Waals surface area contributed by atoms with Crippen molar-refractivity contribution in [1.82, 2.24) is 0 Å². The molecule has 1 heterocycles. The Bertz CT molecular complexity index is 515. The van der Waals surface area contributed by atoms with Gasteiger partial charge in [0.1, 0.15) is 0 Å². The van der Waals surface area contributed by atoms with E-state index < -0.39 is 0 Å². The van der Waals surface area contributed by atoms with Crippen LogP contribution in [0.25, 0.3) is 0 Å². The van der Waals surface area contributed by atoms with Crippen LogP contribution in [-0.4, -0.2) is 11.5 Å². The highest BCUT2D eigenvalue weighted by atomic mass is 32.2. The molecule has 0 unspecified atom stereocenters. The van der Waals surface area contributed by atoms with E-state index in [1.165, 1.54) is 22.5 Å². The molecule has 2 aromatic rings. The molecule has 3 heteroatoms. The number of ketones is 1. The number of thiophene rings is 1. The van der Waals surface area contributed by atoms with Crippen LogP contribution in [0.5, 0.6) is 0 Å². The molecule has 1 nitrogen and oxygen atoms in total. The predicted octanol–water partition coefficient (Wildman–Crippen LogP) is 4.34. The molecule has 0 aliphatic rings. The topological polar surface area (TPSA) is 17.1 Å². The highest BCUT2D eigenvalue weighted by Gasteiger charge is 2.07. The maximum Gasteiger partial charge on any atom is 0.182 e. The molecule has 0 amide bonds. The summed E-state index contributed by atoms with van der Waals surface area (Å²) in [6, 6.07) is 10.1. The molecular weight excluding hydrogens is 248 g/mol. The fraction of sp³-hybridized carbons (Fsp3) is 0.214. The van der Waals surface area contributed by atoms with Crippen molar-refractivity contribution < 1.29 is 4.79 Å². The number of benzene rings is 1. The minimum absolute atomic E-state index is 0.211. The fourth-order valence-corrected chi connectivity index (χ4v) is 3.09. The summed E-state index contributed by atoms with van der Waals surface area (Å²) in [5.74, 6) is 0.728. The van der Waals surface area contributed by atoms with Crippen molar-refractivity contribution in [2.24, 2.45) is 0 Å². The largest absolute Gasteiger partial charge is 0.292 e. The first kappa shape index (κ1) is 12.4. The maximum absolute atomic E-state index is 11.8. The van der Waals surface area contributed by atoms with Crippen molar-refractivity contribution >= 4 is 28.9 Å². The third-order valence-electron chi connectivity index (χ3n) is 2.64. The van der Waals surface area contributed by atoms with Crippen molar-refractivity contribution in [3.05, 3.63) is 51.7 Å². The van der Waals surface area contributed by atoms with Crippen LogP contribution >= 0.6 is 23.1 Å². The Morgan fingerprint density at radius 2 is 2.06 bits per heavy atom. The molecule has 0 bridgehead atoms. The molecule has 0 spiro atoms. The predicted molar refractivity (Wildman–Crippen MR) is 75.3 cm³/mol. The van der Waals surface area contributed by atoms with Gasteiger partial charge in [0.2, 0.25) is 0 Å². The summed E-state index contributed by atoms with van der Waals surface area (Å²) >= 11 is 3.12. The lowest BCUT2D eigenvalue weighted by Gasteiger charge is -2.04. The van der Waals surface area contributed by atoms with Gasteiger partial charge in [0, 0.05) is 4.90 Å². The van der Waals surface area contributed by atoms with E-state index in [9.17, 15) is 4.79 Å². The van der Waals surface area contributed by atoms with E-state index in [1.54, 1.807) is 11.8 Å². The number of hydrogen-bond acceptors (Lipinski definition) is 3. The van der Waals surface area contributed by atoms with Gasteiger partial charge in [0.15, 0.2) is 5.78 Å². The van der Waals surface area contributed by atoms with Gasteiger partial charge in [-0.2, -0.15) is 0 Å². The van der Waals surface area contributed by atoms with Gasteiger partial charge < -0.3 is 0 Å². The summed E-state index contributed by atoms with van der Waals surface area (Å²) in [6.45, 7) is 4.20. The molecule has 0 fully saturated rings. The number of thioether (sulfide) groups is 1. The van der Waals surface area contributed by atoms with Gasteiger partial charge in [-0.15, -0.1) is 23.1 Å². The molecule has 1 aromatic carbocycles. The maximum atomic E-state index is 11.8. The van der Waals surface area contributed by atoms with Gasteiger partial charge in [-0.1, -0.05) is 12.1 Å². The highest BCUT2D eigenvalue weighted by Crippen LogP contribution is 2.22. The minimum Gasteiger partial charge on any atom is -0.292 e. The molecule has 0 N–H and O–H groups in total. The number of carbonyl (C=O) groups is 1. The molecule has 0 aliphatic heterocycles. The quantitative estimate of drug-likeness (QED) is 0.602. The van der Waals surface area contributed by atoms with Crippen LogP contribution in [0, 0.1) is 13.8 Å². The van der Waals surface area contributed by atoms with Crippen LogP contribution in [0.4, 0.5) is 0 Å². The van der Waals surface area contributed by atoms with Crippen LogP contribution < -0.4 is 0 Å². The Kier molecular flexibility index (Phi) is 4.02. The molecule has 0 atom stereocenters. The summed E-state index contributed by atoms with van der Waals surface area (Å²) in [5, 5.41) is 1.94. The number of rotatable bonds is 4. The lowest BCUT2D eigenvalue weighted by atomic mass is 10.1. The highest BCUT2D eigenvalue weighted by molar-refractivity contribution is 8.00. The molecule has 0 saturated heterocycles. The van der Waals surface area contributed by atoms with E-state index in [4.69, 9.17) is 0 Å². The van der Waals surface area contributed by atoms with Gasteiger partial charge in [-0.25, -0.2) is 0 Å². The summed E-state index contributed by atoms with van der Waals surface area (Å²) in [5.41, 5.74) is 2.57.